The fraction of sp³-hybridized carbons (Fsp3) is 0.444. The summed E-state index contributed by atoms with van der Waals surface area (Å²) >= 11 is 5.90. The molecule has 0 atom stereocenters. The monoisotopic (exact) mass is 233 g/mol. The molecular formula is C9H12ClNO2S. The Bertz CT molecular complexity index is 440. The van der Waals surface area contributed by atoms with E-state index in [0.29, 0.717) is 5.02 Å². The van der Waals surface area contributed by atoms with Crippen molar-refractivity contribution in [3.05, 3.63) is 23.0 Å². The van der Waals surface area contributed by atoms with Gasteiger partial charge in [0.1, 0.15) is 0 Å². The first-order chi connectivity index (χ1) is 6.32. The SMILES string of the molecule is CC(C)c1ncc(S(C)(=O)=O)cc1Cl. The number of pyridine rings is 1. The van der Waals surface area contributed by atoms with Crippen molar-refractivity contribution in [1.29, 1.82) is 0 Å². The van der Waals surface area contributed by atoms with Gasteiger partial charge in [-0.25, -0.2) is 8.42 Å². The largest absolute Gasteiger partial charge is 0.258 e. The van der Waals surface area contributed by atoms with Crippen molar-refractivity contribution in [3.8, 4) is 0 Å². The summed E-state index contributed by atoms with van der Waals surface area (Å²) in [5.41, 5.74) is 0.721. The van der Waals surface area contributed by atoms with Crippen LogP contribution in [0.2, 0.25) is 5.02 Å². The molecule has 0 N–H and O–H groups in total. The van der Waals surface area contributed by atoms with Crippen molar-refractivity contribution in [2.24, 2.45) is 0 Å². The van der Waals surface area contributed by atoms with E-state index < -0.39 is 9.84 Å². The number of rotatable bonds is 2. The molecule has 0 spiro atoms. The van der Waals surface area contributed by atoms with E-state index in [0.717, 1.165) is 11.9 Å². The van der Waals surface area contributed by atoms with Gasteiger partial charge in [-0.2, -0.15) is 0 Å². The predicted molar refractivity (Wildman–Crippen MR) is 56.4 cm³/mol. The highest BCUT2D eigenvalue weighted by Gasteiger charge is 2.12. The van der Waals surface area contributed by atoms with Crippen LogP contribution in [0.1, 0.15) is 25.5 Å². The molecule has 1 aromatic heterocycles. The topological polar surface area (TPSA) is 47.0 Å². The Morgan fingerprint density at radius 3 is 2.36 bits per heavy atom. The van der Waals surface area contributed by atoms with Crippen LogP contribution in [0.4, 0.5) is 0 Å². The van der Waals surface area contributed by atoms with Crippen molar-refractivity contribution >= 4 is 21.4 Å². The maximum absolute atomic E-state index is 11.2. The zero-order chi connectivity index (χ0) is 10.9. The van der Waals surface area contributed by atoms with E-state index in [9.17, 15) is 8.42 Å². The highest BCUT2D eigenvalue weighted by molar-refractivity contribution is 7.90. The molecule has 0 fully saturated rings. The Balaban J connectivity index is 3.27. The average molecular weight is 234 g/mol. The first-order valence-corrected chi connectivity index (χ1v) is 6.45. The van der Waals surface area contributed by atoms with E-state index in [4.69, 9.17) is 11.6 Å². The molecule has 0 aliphatic carbocycles. The average Bonchev–Trinajstić information content (AvgIpc) is 2.01. The van der Waals surface area contributed by atoms with E-state index in [-0.39, 0.29) is 10.8 Å². The lowest BCUT2D eigenvalue weighted by molar-refractivity contribution is 0.601. The fourth-order valence-electron chi connectivity index (χ4n) is 1.06. The molecule has 0 unspecified atom stereocenters. The Morgan fingerprint density at radius 2 is 2.00 bits per heavy atom. The minimum absolute atomic E-state index is 0.159. The maximum atomic E-state index is 11.2. The lowest BCUT2D eigenvalue weighted by Crippen LogP contribution is -2.01. The van der Waals surface area contributed by atoms with Crippen molar-refractivity contribution < 1.29 is 8.42 Å². The van der Waals surface area contributed by atoms with Crippen molar-refractivity contribution in [2.75, 3.05) is 6.26 Å². The standard InChI is InChI=1S/C9H12ClNO2S/c1-6(2)9-8(10)4-7(5-11-9)14(3,12)13/h4-6H,1-3H3. The third kappa shape index (κ3) is 2.45. The summed E-state index contributed by atoms with van der Waals surface area (Å²) in [7, 11) is -3.21. The van der Waals surface area contributed by atoms with Gasteiger partial charge in [-0.3, -0.25) is 4.98 Å². The Kier molecular flexibility index (Phi) is 3.17. The second kappa shape index (κ2) is 3.87. The molecule has 1 heterocycles. The molecule has 1 rings (SSSR count). The number of hydrogen-bond donors (Lipinski definition) is 0. The minimum Gasteiger partial charge on any atom is -0.258 e. The third-order valence-corrected chi connectivity index (χ3v) is 3.20. The second-order valence-electron chi connectivity index (χ2n) is 3.46. The smallest absolute Gasteiger partial charge is 0.177 e. The summed E-state index contributed by atoms with van der Waals surface area (Å²) in [5.74, 6) is 0.191. The van der Waals surface area contributed by atoms with Crippen LogP contribution in [0.15, 0.2) is 17.2 Å². The number of nitrogens with zero attached hydrogens (tertiary/aromatic N) is 1. The molecule has 0 amide bonds. The van der Waals surface area contributed by atoms with Gasteiger partial charge >= 0.3 is 0 Å². The fourth-order valence-corrected chi connectivity index (χ4v) is 2.08. The van der Waals surface area contributed by atoms with Gasteiger partial charge in [-0.05, 0) is 12.0 Å². The van der Waals surface area contributed by atoms with Gasteiger partial charge < -0.3 is 0 Å². The van der Waals surface area contributed by atoms with Crippen molar-refractivity contribution in [3.63, 3.8) is 0 Å². The Labute approximate surface area is 89.0 Å². The highest BCUT2D eigenvalue weighted by Crippen LogP contribution is 2.24. The maximum Gasteiger partial charge on any atom is 0.177 e. The molecule has 0 radical (unpaired) electrons. The molecule has 1 aromatic rings. The molecular weight excluding hydrogens is 222 g/mol. The first kappa shape index (κ1) is 11.5. The normalized spacial score (nSPS) is 12.1. The van der Waals surface area contributed by atoms with Crippen LogP contribution < -0.4 is 0 Å². The van der Waals surface area contributed by atoms with Gasteiger partial charge in [-0.15, -0.1) is 0 Å². The summed E-state index contributed by atoms with van der Waals surface area (Å²) in [6.07, 6.45) is 2.48. The Hall–Kier alpha value is -0.610. The lowest BCUT2D eigenvalue weighted by atomic mass is 10.1. The number of sulfone groups is 1. The van der Waals surface area contributed by atoms with E-state index in [1.54, 1.807) is 0 Å². The molecule has 14 heavy (non-hydrogen) atoms. The van der Waals surface area contributed by atoms with E-state index in [1.807, 2.05) is 13.8 Å². The van der Waals surface area contributed by atoms with Gasteiger partial charge in [0.2, 0.25) is 0 Å². The molecule has 0 bridgehead atoms. The van der Waals surface area contributed by atoms with Crippen LogP contribution in [0.5, 0.6) is 0 Å². The van der Waals surface area contributed by atoms with E-state index in [2.05, 4.69) is 4.98 Å². The quantitative estimate of drug-likeness (QED) is 0.787. The van der Waals surface area contributed by atoms with Crippen LogP contribution in [0.3, 0.4) is 0 Å². The molecule has 5 heteroatoms. The van der Waals surface area contributed by atoms with Crippen LogP contribution in [0, 0.1) is 0 Å². The van der Waals surface area contributed by atoms with Gasteiger partial charge in [0.15, 0.2) is 9.84 Å². The Morgan fingerprint density at radius 1 is 1.43 bits per heavy atom. The summed E-state index contributed by atoms with van der Waals surface area (Å²) in [6.45, 7) is 3.91. The zero-order valence-electron chi connectivity index (χ0n) is 8.28. The van der Waals surface area contributed by atoms with E-state index in [1.165, 1.54) is 12.3 Å². The summed E-state index contributed by atoms with van der Waals surface area (Å²) < 4.78 is 22.3. The van der Waals surface area contributed by atoms with Gasteiger partial charge in [0.05, 0.1) is 15.6 Å². The summed E-state index contributed by atoms with van der Waals surface area (Å²) in [4.78, 5) is 4.19. The summed E-state index contributed by atoms with van der Waals surface area (Å²) in [5, 5.41) is 0.405. The minimum atomic E-state index is -3.21. The van der Waals surface area contributed by atoms with Crippen LogP contribution in [-0.4, -0.2) is 19.7 Å². The number of aromatic nitrogens is 1. The highest BCUT2D eigenvalue weighted by atomic mass is 35.5. The van der Waals surface area contributed by atoms with Crippen LogP contribution >= 0.6 is 11.6 Å². The van der Waals surface area contributed by atoms with Crippen molar-refractivity contribution in [2.45, 2.75) is 24.7 Å². The number of hydrogen-bond acceptors (Lipinski definition) is 3. The second-order valence-corrected chi connectivity index (χ2v) is 5.89. The predicted octanol–water partition coefficient (Wildman–Crippen LogP) is 2.26. The molecule has 0 aliphatic rings. The lowest BCUT2D eigenvalue weighted by Gasteiger charge is -2.07. The zero-order valence-corrected chi connectivity index (χ0v) is 9.85. The van der Waals surface area contributed by atoms with Gasteiger partial charge in [-0.1, -0.05) is 25.4 Å². The summed E-state index contributed by atoms with van der Waals surface area (Å²) in [6, 6.07) is 1.44. The van der Waals surface area contributed by atoms with Crippen LogP contribution in [0.25, 0.3) is 0 Å². The van der Waals surface area contributed by atoms with E-state index >= 15 is 0 Å². The van der Waals surface area contributed by atoms with Gasteiger partial charge in [0, 0.05) is 12.5 Å². The number of halogens is 1. The van der Waals surface area contributed by atoms with Crippen molar-refractivity contribution in [1.82, 2.24) is 4.98 Å². The molecule has 0 aliphatic heterocycles. The van der Waals surface area contributed by atoms with Gasteiger partial charge in [0.25, 0.3) is 0 Å². The molecule has 3 nitrogen and oxygen atoms in total. The molecule has 0 saturated heterocycles. The molecule has 0 saturated carbocycles. The first-order valence-electron chi connectivity index (χ1n) is 4.18. The van der Waals surface area contributed by atoms with Crippen LogP contribution in [-0.2, 0) is 9.84 Å². The molecule has 0 aromatic carbocycles. The molecule has 78 valence electrons. The third-order valence-electron chi connectivity index (χ3n) is 1.82.